The molecule has 1 atom stereocenters. The first kappa shape index (κ1) is 12.0. The number of rotatable bonds is 4. The molecule has 1 aromatic heterocycles. The summed E-state index contributed by atoms with van der Waals surface area (Å²) >= 11 is 0. The van der Waals surface area contributed by atoms with Crippen LogP contribution in [0.3, 0.4) is 0 Å². The lowest BCUT2D eigenvalue weighted by atomic mass is 10.0. The van der Waals surface area contributed by atoms with Crippen LogP contribution in [0.15, 0.2) is 30.3 Å². The van der Waals surface area contributed by atoms with E-state index in [0.29, 0.717) is 6.61 Å². The lowest BCUT2D eigenvalue weighted by Gasteiger charge is -2.12. The molecule has 0 saturated carbocycles. The van der Waals surface area contributed by atoms with Crippen molar-refractivity contribution in [1.82, 2.24) is 4.98 Å². The number of benzene rings is 1. The number of nitrogens with two attached hydrogens (primary N) is 1. The molecule has 0 radical (unpaired) electrons. The molecule has 3 nitrogen and oxygen atoms in total. The molecule has 3 heteroatoms. The first-order valence-corrected chi connectivity index (χ1v) is 5.82. The number of hydrogen-bond acceptors (Lipinski definition) is 3. The van der Waals surface area contributed by atoms with Gasteiger partial charge in [-0.1, -0.05) is 12.1 Å². The Kier molecular flexibility index (Phi) is 3.71. The standard InChI is InChI=1S/C14H18N2O/c1-10-3-4-12-9-11(5-6-14(12)16-10)13(15)7-8-17-2/h3-6,9,13H,7-8,15H2,1-2H3. The Morgan fingerprint density at radius 2 is 2.12 bits per heavy atom. The van der Waals surface area contributed by atoms with Gasteiger partial charge in [0.2, 0.25) is 0 Å². The Morgan fingerprint density at radius 1 is 1.29 bits per heavy atom. The minimum absolute atomic E-state index is 0.0284. The highest BCUT2D eigenvalue weighted by atomic mass is 16.5. The van der Waals surface area contributed by atoms with Crippen molar-refractivity contribution in [3.05, 3.63) is 41.6 Å². The topological polar surface area (TPSA) is 48.1 Å². The number of fused-ring (bicyclic) bond motifs is 1. The maximum absolute atomic E-state index is 6.10. The monoisotopic (exact) mass is 230 g/mol. The fraction of sp³-hybridized carbons (Fsp3) is 0.357. The van der Waals surface area contributed by atoms with E-state index in [2.05, 4.69) is 23.2 Å². The van der Waals surface area contributed by atoms with E-state index in [0.717, 1.165) is 28.6 Å². The van der Waals surface area contributed by atoms with Gasteiger partial charge >= 0.3 is 0 Å². The van der Waals surface area contributed by atoms with E-state index >= 15 is 0 Å². The van der Waals surface area contributed by atoms with Crippen LogP contribution in [-0.2, 0) is 4.74 Å². The molecule has 1 aromatic carbocycles. The summed E-state index contributed by atoms with van der Waals surface area (Å²) < 4.78 is 5.04. The molecule has 2 N–H and O–H groups in total. The Balaban J connectivity index is 2.28. The van der Waals surface area contributed by atoms with Crippen LogP contribution in [0, 0.1) is 6.92 Å². The molecule has 0 saturated heterocycles. The van der Waals surface area contributed by atoms with E-state index in [4.69, 9.17) is 10.5 Å². The van der Waals surface area contributed by atoms with E-state index in [1.807, 2.05) is 19.1 Å². The van der Waals surface area contributed by atoms with Crippen LogP contribution in [-0.4, -0.2) is 18.7 Å². The largest absolute Gasteiger partial charge is 0.385 e. The van der Waals surface area contributed by atoms with Gasteiger partial charge in [-0.2, -0.15) is 0 Å². The van der Waals surface area contributed by atoms with Gasteiger partial charge in [0.25, 0.3) is 0 Å². The molecule has 0 aliphatic rings. The Bertz CT molecular complexity index is 511. The van der Waals surface area contributed by atoms with E-state index in [1.54, 1.807) is 7.11 Å². The molecule has 0 amide bonds. The molecule has 0 spiro atoms. The smallest absolute Gasteiger partial charge is 0.0705 e. The quantitative estimate of drug-likeness (QED) is 0.878. The summed E-state index contributed by atoms with van der Waals surface area (Å²) in [7, 11) is 1.69. The number of aromatic nitrogens is 1. The lowest BCUT2D eigenvalue weighted by Crippen LogP contribution is -2.12. The average molecular weight is 230 g/mol. The number of aryl methyl sites for hydroxylation is 1. The second-order valence-corrected chi connectivity index (χ2v) is 4.29. The maximum Gasteiger partial charge on any atom is 0.0705 e. The summed E-state index contributed by atoms with van der Waals surface area (Å²) in [4.78, 5) is 4.47. The van der Waals surface area contributed by atoms with E-state index in [1.165, 1.54) is 0 Å². The van der Waals surface area contributed by atoms with E-state index in [9.17, 15) is 0 Å². The fourth-order valence-corrected chi connectivity index (χ4v) is 1.89. The van der Waals surface area contributed by atoms with Crippen molar-refractivity contribution in [3.8, 4) is 0 Å². The number of ether oxygens (including phenoxy) is 1. The Hall–Kier alpha value is -1.45. The Labute approximate surface area is 102 Å². The van der Waals surface area contributed by atoms with Crippen molar-refractivity contribution in [2.24, 2.45) is 5.73 Å². The second-order valence-electron chi connectivity index (χ2n) is 4.29. The third-order valence-electron chi connectivity index (χ3n) is 2.91. The van der Waals surface area contributed by atoms with Gasteiger partial charge in [-0.15, -0.1) is 0 Å². The SMILES string of the molecule is COCCC(N)c1ccc2nc(C)ccc2c1. The molecule has 90 valence electrons. The summed E-state index contributed by atoms with van der Waals surface area (Å²) in [5.41, 5.74) is 9.30. The van der Waals surface area contributed by atoms with Gasteiger partial charge in [-0.3, -0.25) is 4.98 Å². The van der Waals surface area contributed by atoms with Crippen LogP contribution in [0.25, 0.3) is 10.9 Å². The van der Waals surface area contributed by atoms with Gasteiger partial charge in [-0.25, -0.2) is 0 Å². The highest BCUT2D eigenvalue weighted by molar-refractivity contribution is 5.79. The summed E-state index contributed by atoms with van der Waals surface area (Å²) in [5.74, 6) is 0. The second kappa shape index (κ2) is 5.25. The molecule has 1 heterocycles. The van der Waals surface area contributed by atoms with Gasteiger partial charge < -0.3 is 10.5 Å². The highest BCUT2D eigenvalue weighted by Gasteiger charge is 2.06. The number of pyridine rings is 1. The van der Waals surface area contributed by atoms with Crippen LogP contribution in [0.4, 0.5) is 0 Å². The van der Waals surface area contributed by atoms with Crippen molar-refractivity contribution in [3.63, 3.8) is 0 Å². The summed E-state index contributed by atoms with van der Waals surface area (Å²) in [6.07, 6.45) is 0.835. The van der Waals surface area contributed by atoms with Crippen molar-refractivity contribution in [2.45, 2.75) is 19.4 Å². The fourth-order valence-electron chi connectivity index (χ4n) is 1.89. The molecule has 2 rings (SSSR count). The first-order valence-electron chi connectivity index (χ1n) is 5.82. The van der Waals surface area contributed by atoms with Gasteiger partial charge in [0, 0.05) is 30.8 Å². The van der Waals surface area contributed by atoms with Crippen molar-refractivity contribution in [2.75, 3.05) is 13.7 Å². The van der Waals surface area contributed by atoms with Gasteiger partial charge in [0.15, 0.2) is 0 Å². The van der Waals surface area contributed by atoms with E-state index < -0.39 is 0 Å². The zero-order valence-corrected chi connectivity index (χ0v) is 10.3. The first-order chi connectivity index (χ1) is 8.20. The Morgan fingerprint density at radius 3 is 2.88 bits per heavy atom. The minimum Gasteiger partial charge on any atom is -0.385 e. The van der Waals surface area contributed by atoms with E-state index in [-0.39, 0.29) is 6.04 Å². The number of hydrogen-bond donors (Lipinski definition) is 1. The lowest BCUT2D eigenvalue weighted by molar-refractivity contribution is 0.188. The van der Waals surface area contributed by atoms with Crippen LogP contribution < -0.4 is 5.73 Å². The van der Waals surface area contributed by atoms with Crippen molar-refractivity contribution >= 4 is 10.9 Å². The molecule has 0 aliphatic heterocycles. The zero-order chi connectivity index (χ0) is 12.3. The molecule has 2 aromatic rings. The normalized spacial score (nSPS) is 12.9. The summed E-state index contributed by atoms with van der Waals surface area (Å²) in [5, 5.41) is 1.14. The molecular formula is C14H18N2O. The summed E-state index contributed by atoms with van der Waals surface area (Å²) in [6.45, 7) is 2.68. The van der Waals surface area contributed by atoms with Gasteiger partial charge in [0.05, 0.1) is 5.52 Å². The molecule has 0 bridgehead atoms. The van der Waals surface area contributed by atoms with Gasteiger partial charge in [0.1, 0.15) is 0 Å². The third kappa shape index (κ3) is 2.81. The molecular weight excluding hydrogens is 212 g/mol. The molecule has 0 aliphatic carbocycles. The average Bonchev–Trinajstić information content (AvgIpc) is 2.35. The highest BCUT2D eigenvalue weighted by Crippen LogP contribution is 2.20. The number of nitrogens with zero attached hydrogens (tertiary/aromatic N) is 1. The third-order valence-corrected chi connectivity index (χ3v) is 2.91. The van der Waals surface area contributed by atoms with Crippen molar-refractivity contribution in [1.29, 1.82) is 0 Å². The predicted molar refractivity (Wildman–Crippen MR) is 69.9 cm³/mol. The molecule has 1 unspecified atom stereocenters. The number of methoxy groups -OCH3 is 1. The van der Waals surface area contributed by atoms with Crippen LogP contribution >= 0.6 is 0 Å². The molecule has 0 fully saturated rings. The van der Waals surface area contributed by atoms with Crippen LogP contribution in [0.1, 0.15) is 23.7 Å². The van der Waals surface area contributed by atoms with Crippen LogP contribution in [0.2, 0.25) is 0 Å². The summed E-state index contributed by atoms with van der Waals surface area (Å²) in [6, 6.07) is 10.3. The maximum atomic E-state index is 6.10. The zero-order valence-electron chi connectivity index (χ0n) is 10.3. The van der Waals surface area contributed by atoms with Gasteiger partial charge in [-0.05, 0) is 37.1 Å². The minimum atomic E-state index is 0.0284. The molecule has 17 heavy (non-hydrogen) atoms. The van der Waals surface area contributed by atoms with Crippen LogP contribution in [0.5, 0.6) is 0 Å². The predicted octanol–water partition coefficient (Wildman–Crippen LogP) is 2.58. The van der Waals surface area contributed by atoms with Crippen molar-refractivity contribution < 1.29 is 4.74 Å².